The van der Waals surface area contributed by atoms with Gasteiger partial charge in [0.1, 0.15) is 11.6 Å². The zero-order valence-electron chi connectivity index (χ0n) is 18.1. The first kappa shape index (κ1) is 21.4. The number of fused-ring (bicyclic) bond motifs is 1. The molecule has 0 unspecified atom stereocenters. The van der Waals surface area contributed by atoms with Crippen LogP contribution in [0.25, 0.3) is 11.4 Å². The molecule has 0 fully saturated rings. The van der Waals surface area contributed by atoms with Crippen LogP contribution in [-0.2, 0) is 24.2 Å². The summed E-state index contributed by atoms with van der Waals surface area (Å²) in [6.07, 6.45) is 2.12. The van der Waals surface area contributed by atoms with Gasteiger partial charge in [0.15, 0.2) is 5.82 Å². The van der Waals surface area contributed by atoms with Gasteiger partial charge in [-0.2, -0.15) is 5.10 Å². The van der Waals surface area contributed by atoms with Crippen molar-refractivity contribution in [2.24, 2.45) is 0 Å². The minimum atomic E-state index is -0.0460. The highest BCUT2D eigenvalue weighted by atomic mass is 35.5. The third-order valence-electron chi connectivity index (χ3n) is 5.39. The molecule has 0 radical (unpaired) electrons. The van der Waals surface area contributed by atoms with Gasteiger partial charge in [0.05, 0.1) is 23.6 Å². The molecule has 4 rings (SSSR count). The number of rotatable bonds is 7. The Morgan fingerprint density at radius 3 is 2.87 bits per heavy atom. The van der Waals surface area contributed by atoms with Crippen molar-refractivity contribution in [1.82, 2.24) is 20.1 Å². The molecular weight excluding hydrogens is 412 g/mol. The molecule has 0 aliphatic heterocycles. The number of carbonyl (C=O) groups excluding carboxylic acids is 1. The van der Waals surface area contributed by atoms with Gasteiger partial charge < -0.3 is 10.1 Å². The number of carbonyl (C=O) groups is 1. The minimum Gasteiger partial charge on any atom is -0.489 e. The van der Waals surface area contributed by atoms with Gasteiger partial charge in [0.2, 0.25) is 5.91 Å². The van der Waals surface area contributed by atoms with E-state index in [-0.39, 0.29) is 24.5 Å². The molecule has 0 saturated carbocycles. The number of benzene rings is 2. The van der Waals surface area contributed by atoms with Crippen LogP contribution < -0.4 is 10.1 Å². The van der Waals surface area contributed by atoms with Gasteiger partial charge in [0.25, 0.3) is 0 Å². The van der Waals surface area contributed by atoms with Crippen molar-refractivity contribution in [3.63, 3.8) is 0 Å². The number of ether oxygens (including phenoxy) is 1. The number of nitrogens with zero attached hydrogens (tertiary/aromatic N) is 3. The summed E-state index contributed by atoms with van der Waals surface area (Å²) < 4.78 is 7.55. The third kappa shape index (κ3) is 4.74. The van der Waals surface area contributed by atoms with Gasteiger partial charge in [-0.25, -0.2) is 9.67 Å². The Balaban J connectivity index is 1.51. The zero-order valence-corrected chi connectivity index (χ0v) is 18.8. The standard InChI is InChI=1S/C24H27ClN4O2/c1-4-29-22(14-23(30)26-20-12-10-16-7-5-6-8-18(16)20)27-24(28-29)17-9-11-19(25)21(13-17)31-15(2)3/h5-9,11,13,15,20H,4,10,12,14H2,1-3H3,(H,26,30)/t20-/m0/s1. The molecule has 1 aliphatic carbocycles. The van der Waals surface area contributed by atoms with Gasteiger partial charge in [-0.15, -0.1) is 0 Å². The maximum Gasteiger partial charge on any atom is 0.228 e. The Bertz CT molecular complexity index is 1090. The van der Waals surface area contributed by atoms with Crippen molar-refractivity contribution in [3.8, 4) is 17.1 Å². The molecule has 31 heavy (non-hydrogen) atoms. The molecule has 1 atom stereocenters. The van der Waals surface area contributed by atoms with Crippen LogP contribution >= 0.6 is 11.6 Å². The van der Waals surface area contributed by atoms with Gasteiger partial charge in [-0.05, 0) is 62.9 Å². The summed E-state index contributed by atoms with van der Waals surface area (Å²) in [5.74, 6) is 1.75. The van der Waals surface area contributed by atoms with E-state index in [9.17, 15) is 4.79 Å². The topological polar surface area (TPSA) is 69.0 Å². The van der Waals surface area contributed by atoms with Gasteiger partial charge in [0, 0.05) is 12.1 Å². The van der Waals surface area contributed by atoms with E-state index in [1.807, 2.05) is 45.0 Å². The SMILES string of the molecule is CCn1nc(-c2ccc(Cl)c(OC(C)C)c2)nc1CC(=O)N[C@H]1CCc2ccccc21. The summed E-state index contributed by atoms with van der Waals surface area (Å²) in [7, 11) is 0. The summed E-state index contributed by atoms with van der Waals surface area (Å²) in [4.78, 5) is 17.4. The van der Waals surface area contributed by atoms with Crippen molar-refractivity contribution in [2.75, 3.05) is 0 Å². The van der Waals surface area contributed by atoms with Crippen molar-refractivity contribution in [2.45, 2.75) is 58.7 Å². The lowest BCUT2D eigenvalue weighted by molar-refractivity contribution is -0.121. The van der Waals surface area contributed by atoms with Gasteiger partial charge in [-0.3, -0.25) is 4.79 Å². The molecular formula is C24H27ClN4O2. The largest absolute Gasteiger partial charge is 0.489 e. The molecule has 1 aliphatic rings. The molecule has 2 aromatic carbocycles. The van der Waals surface area contributed by atoms with Crippen LogP contribution in [0.3, 0.4) is 0 Å². The Hall–Kier alpha value is -2.86. The number of halogens is 1. The average Bonchev–Trinajstić information content (AvgIpc) is 3.33. The van der Waals surface area contributed by atoms with Gasteiger partial charge in [-0.1, -0.05) is 35.9 Å². The van der Waals surface area contributed by atoms with E-state index in [1.165, 1.54) is 11.1 Å². The molecule has 6 nitrogen and oxygen atoms in total. The van der Waals surface area contributed by atoms with Crippen LogP contribution in [0.4, 0.5) is 0 Å². The Labute approximate surface area is 187 Å². The number of hydrogen-bond donors (Lipinski definition) is 1. The first-order chi connectivity index (χ1) is 14.9. The fraction of sp³-hybridized carbons (Fsp3) is 0.375. The highest BCUT2D eigenvalue weighted by molar-refractivity contribution is 6.32. The number of amides is 1. The predicted molar refractivity (Wildman–Crippen MR) is 121 cm³/mol. The monoisotopic (exact) mass is 438 g/mol. The molecule has 1 amide bonds. The predicted octanol–water partition coefficient (Wildman–Crippen LogP) is 4.75. The van der Waals surface area contributed by atoms with Crippen LogP contribution in [0.15, 0.2) is 42.5 Å². The van der Waals surface area contributed by atoms with Crippen molar-refractivity contribution in [1.29, 1.82) is 0 Å². The summed E-state index contributed by atoms with van der Waals surface area (Å²) in [6, 6.07) is 13.8. The Kier molecular flexibility index (Phi) is 6.28. The number of aromatic nitrogens is 3. The van der Waals surface area contributed by atoms with Crippen molar-refractivity contribution < 1.29 is 9.53 Å². The summed E-state index contributed by atoms with van der Waals surface area (Å²) >= 11 is 6.25. The van der Waals surface area contributed by atoms with E-state index in [0.717, 1.165) is 18.4 Å². The molecule has 7 heteroatoms. The molecule has 0 saturated heterocycles. The van der Waals surface area contributed by atoms with E-state index in [0.29, 0.717) is 29.0 Å². The lowest BCUT2D eigenvalue weighted by atomic mass is 10.1. The number of aryl methyl sites for hydroxylation is 2. The van der Waals surface area contributed by atoms with E-state index in [4.69, 9.17) is 16.3 Å². The average molecular weight is 439 g/mol. The molecule has 1 heterocycles. The molecule has 3 aromatic rings. The maximum atomic E-state index is 12.8. The van der Waals surface area contributed by atoms with Crippen LogP contribution in [0.1, 0.15) is 50.2 Å². The van der Waals surface area contributed by atoms with Crippen molar-refractivity contribution in [3.05, 3.63) is 64.4 Å². The van der Waals surface area contributed by atoms with Crippen LogP contribution in [0.2, 0.25) is 5.02 Å². The second-order valence-corrected chi connectivity index (χ2v) is 8.42. The fourth-order valence-electron chi connectivity index (χ4n) is 3.96. The normalized spacial score (nSPS) is 15.2. The van der Waals surface area contributed by atoms with Crippen LogP contribution in [-0.4, -0.2) is 26.8 Å². The number of nitrogens with one attached hydrogen (secondary N) is 1. The van der Waals surface area contributed by atoms with E-state index in [2.05, 4.69) is 27.5 Å². The molecule has 1 N–H and O–H groups in total. The summed E-state index contributed by atoms with van der Waals surface area (Å²) in [5, 5.41) is 8.31. The van der Waals surface area contributed by atoms with Gasteiger partial charge >= 0.3 is 0 Å². The smallest absolute Gasteiger partial charge is 0.228 e. The van der Waals surface area contributed by atoms with E-state index >= 15 is 0 Å². The zero-order chi connectivity index (χ0) is 22.0. The van der Waals surface area contributed by atoms with Crippen LogP contribution in [0.5, 0.6) is 5.75 Å². The molecule has 162 valence electrons. The first-order valence-electron chi connectivity index (χ1n) is 10.7. The number of hydrogen-bond acceptors (Lipinski definition) is 4. The highest BCUT2D eigenvalue weighted by Crippen LogP contribution is 2.31. The second kappa shape index (κ2) is 9.10. The quantitative estimate of drug-likeness (QED) is 0.577. The third-order valence-corrected chi connectivity index (χ3v) is 5.70. The molecule has 0 bridgehead atoms. The fourth-order valence-corrected chi connectivity index (χ4v) is 4.13. The molecule has 1 aromatic heterocycles. The second-order valence-electron chi connectivity index (χ2n) is 8.01. The lowest BCUT2D eigenvalue weighted by Crippen LogP contribution is -2.29. The summed E-state index contributed by atoms with van der Waals surface area (Å²) in [5.41, 5.74) is 3.33. The minimum absolute atomic E-state index is 0.00823. The molecule has 0 spiro atoms. The van der Waals surface area contributed by atoms with Crippen LogP contribution in [0, 0.1) is 0 Å². The van der Waals surface area contributed by atoms with Crippen molar-refractivity contribution >= 4 is 17.5 Å². The van der Waals surface area contributed by atoms with E-state index < -0.39 is 0 Å². The Morgan fingerprint density at radius 1 is 1.29 bits per heavy atom. The Morgan fingerprint density at radius 2 is 2.10 bits per heavy atom. The van der Waals surface area contributed by atoms with E-state index in [1.54, 1.807) is 10.7 Å². The maximum absolute atomic E-state index is 12.8. The summed E-state index contributed by atoms with van der Waals surface area (Å²) in [6.45, 7) is 6.52. The highest BCUT2D eigenvalue weighted by Gasteiger charge is 2.24. The first-order valence-corrected chi connectivity index (χ1v) is 11.1. The lowest BCUT2D eigenvalue weighted by Gasteiger charge is -2.14.